The molecule has 1 amide bonds. The van der Waals surface area contributed by atoms with E-state index in [1.165, 1.54) is 16.9 Å². The van der Waals surface area contributed by atoms with Crippen LogP contribution in [0.2, 0.25) is 0 Å². The predicted octanol–water partition coefficient (Wildman–Crippen LogP) is 5.04. The van der Waals surface area contributed by atoms with Crippen LogP contribution in [0, 0.1) is 20.8 Å². The summed E-state index contributed by atoms with van der Waals surface area (Å²) in [6.07, 6.45) is 0. The zero-order valence-electron chi connectivity index (χ0n) is 20.6. The molecule has 0 saturated carbocycles. The van der Waals surface area contributed by atoms with Crippen LogP contribution < -0.4 is 14.8 Å². The first-order valence-electron chi connectivity index (χ1n) is 11.5. The van der Waals surface area contributed by atoms with Crippen LogP contribution in [-0.2, 0) is 6.54 Å². The van der Waals surface area contributed by atoms with Gasteiger partial charge in [-0.2, -0.15) is 0 Å². The molecule has 35 heavy (non-hydrogen) atoms. The number of hydrogen-bond acceptors (Lipinski definition) is 7. The summed E-state index contributed by atoms with van der Waals surface area (Å²) in [4.78, 5) is 18.1. The summed E-state index contributed by atoms with van der Waals surface area (Å²) < 4.78 is 13.1. The van der Waals surface area contributed by atoms with Gasteiger partial charge >= 0.3 is 0 Å². The summed E-state index contributed by atoms with van der Waals surface area (Å²) >= 11 is 1.32. The number of aromatic nitrogens is 4. The van der Waals surface area contributed by atoms with Crippen LogP contribution in [0.3, 0.4) is 0 Å². The second kappa shape index (κ2) is 10.7. The summed E-state index contributed by atoms with van der Waals surface area (Å²) in [7, 11) is 0. The van der Waals surface area contributed by atoms with Gasteiger partial charge in [0.15, 0.2) is 11.5 Å². The van der Waals surface area contributed by atoms with Crippen LogP contribution in [0.15, 0.2) is 42.5 Å². The SMILES string of the molecule is CCOc1ccc(CNC(=O)c2sc(-c3nnn(-c4ccc(C)cc4)c3C)nc2C)cc1OCC. The number of hydrogen-bond donors (Lipinski definition) is 1. The summed E-state index contributed by atoms with van der Waals surface area (Å²) in [5, 5.41) is 12.3. The van der Waals surface area contributed by atoms with E-state index in [-0.39, 0.29) is 5.91 Å². The molecule has 0 aliphatic heterocycles. The highest BCUT2D eigenvalue weighted by Crippen LogP contribution is 2.30. The highest BCUT2D eigenvalue weighted by molar-refractivity contribution is 7.17. The van der Waals surface area contributed by atoms with Crippen LogP contribution in [0.5, 0.6) is 11.5 Å². The molecular weight excluding hydrogens is 462 g/mol. The van der Waals surface area contributed by atoms with E-state index in [2.05, 4.69) is 20.6 Å². The average Bonchev–Trinajstić information content (AvgIpc) is 3.42. The van der Waals surface area contributed by atoms with Gasteiger partial charge in [0.2, 0.25) is 0 Å². The first-order chi connectivity index (χ1) is 16.9. The molecule has 9 heteroatoms. The van der Waals surface area contributed by atoms with Gasteiger partial charge in [-0.25, -0.2) is 9.67 Å². The summed E-state index contributed by atoms with van der Waals surface area (Å²) in [6.45, 7) is 11.1. The smallest absolute Gasteiger partial charge is 0.263 e. The van der Waals surface area contributed by atoms with E-state index < -0.39 is 0 Å². The van der Waals surface area contributed by atoms with E-state index in [9.17, 15) is 4.79 Å². The van der Waals surface area contributed by atoms with Crippen LogP contribution in [0.1, 0.15) is 46.0 Å². The van der Waals surface area contributed by atoms with Crippen molar-refractivity contribution in [2.75, 3.05) is 13.2 Å². The van der Waals surface area contributed by atoms with E-state index in [0.717, 1.165) is 16.9 Å². The first-order valence-corrected chi connectivity index (χ1v) is 12.4. The number of nitrogens with zero attached hydrogens (tertiary/aromatic N) is 4. The zero-order valence-corrected chi connectivity index (χ0v) is 21.4. The van der Waals surface area contributed by atoms with Gasteiger partial charge in [0.25, 0.3) is 5.91 Å². The fourth-order valence-corrected chi connectivity index (χ4v) is 4.65. The third-order valence-corrected chi connectivity index (χ3v) is 6.60. The molecule has 0 bridgehead atoms. The van der Waals surface area contributed by atoms with Gasteiger partial charge in [-0.3, -0.25) is 4.79 Å². The highest BCUT2D eigenvalue weighted by Gasteiger charge is 2.21. The molecule has 8 nitrogen and oxygen atoms in total. The number of ether oxygens (including phenoxy) is 2. The van der Waals surface area contributed by atoms with Crippen molar-refractivity contribution >= 4 is 17.2 Å². The van der Waals surface area contributed by atoms with Crippen molar-refractivity contribution in [3.8, 4) is 27.9 Å². The van der Waals surface area contributed by atoms with Crippen molar-refractivity contribution in [1.29, 1.82) is 0 Å². The predicted molar refractivity (Wildman–Crippen MR) is 137 cm³/mol. The number of benzene rings is 2. The quantitative estimate of drug-likeness (QED) is 0.353. The Morgan fingerprint density at radius 1 is 1.00 bits per heavy atom. The van der Waals surface area contributed by atoms with Crippen LogP contribution in [0.25, 0.3) is 16.4 Å². The second-order valence-corrected chi connectivity index (χ2v) is 9.03. The zero-order chi connectivity index (χ0) is 24.9. The van der Waals surface area contributed by atoms with Crippen molar-refractivity contribution in [3.63, 3.8) is 0 Å². The van der Waals surface area contributed by atoms with Crippen molar-refractivity contribution in [3.05, 3.63) is 69.9 Å². The Labute approximate surface area is 208 Å². The maximum Gasteiger partial charge on any atom is 0.263 e. The molecule has 2 aromatic carbocycles. The Hall–Kier alpha value is -3.72. The van der Waals surface area contributed by atoms with E-state index in [4.69, 9.17) is 9.47 Å². The Morgan fingerprint density at radius 3 is 2.43 bits per heavy atom. The van der Waals surface area contributed by atoms with E-state index in [1.54, 1.807) is 4.68 Å². The molecule has 2 aromatic heterocycles. The number of aryl methyl sites for hydroxylation is 2. The molecule has 0 radical (unpaired) electrons. The summed E-state index contributed by atoms with van der Waals surface area (Å²) in [6, 6.07) is 13.8. The number of nitrogens with one attached hydrogen (secondary N) is 1. The lowest BCUT2D eigenvalue weighted by molar-refractivity contribution is 0.0954. The molecular formula is C26H29N5O3S. The number of carbonyl (C=O) groups excluding carboxylic acids is 1. The maximum absolute atomic E-state index is 13.0. The van der Waals surface area contributed by atoms with Crippen LogP contribution in [0.4, 0.5) is 0 Å². The Bertz CT molecular complexity index is 1330. The Balaban J connectivity index is 1.50. The fraction of sp³-hybridized carbons (Fsp3) is 0.308. The molecule has 0 spiro atoms. The molecule has 0 fully saturated rings. The standard InChI is InChI=1S/C26H29N5O3S/c1-6-33-21-13-10-19(14-22(21)34-7-2)15-27-25(32)24-17(4)28-26(35-24)23-18(5)31(30-29-23)20-11-8-16(3)9-12-20/h8-14H,6-7,15H2,1-5H3,(H,27,32). The molecule has 0 aliphatic carbocycles. The van der Waals surface area contributed by atoms with Gasteiger partial charge in [-0.1, -0.05) is 29.0 Å². The van der Waals surface area contributed by atoms with Crippen LogP contribution in [-0.4, -0.2) is 39.1 Å². The maximum atomic E-state index is 13.0. The van der Waals surface area contributed by atoms with Crippen molar-refractivity contribution in [1.82, 2.24) is 25.3 Å². The summed E-state index contributed by atoms with van der Waals surface area (Å²) in [5.41, 5.74) is 5.23. The monoisotopic (exact) mass is 491 g/mol. The minimum absolute atomic E-state index is 0.179. The van der Waals surface area contributed by atoms with Gasteiger partial charge in [0, 0.05) is 6.54 Å². The third kappa shape index (κ3) is 5.35. The molecule has 4 aromatic rings. The first kappa shape index (κ1) is 24.4. The largest absolute Gasteiger partial charge is 0.490 e. The Morgan fingerprint density at radius 2 is 1.71 bits per heavy atom. The van der Waals surface area contributed by atoms with Crippen LogP contribution >= 0.6 is 11.3 Å². The van der Waals surface area contributed by atoms with Crippen molar-refractivity contribution in [2.24, 2.45) is 0 Å². The minimum atomic E-state index is -0.179. The molecule has 0 atom stereocenters. The number of amides is 1. The van der Waals surface area contributed by atoms with Gasteiger partial charge in [-0.05, 0) is 64.4 Å². The molecule has 0 saturated heterocycles. The molecule has 2 heterocycles. The van der Waals surface area contributed by atoms with Gasteiger partial charge < -0.3 is 14.8 Å². The topological polar surface area (TPSA) is 91.2 Å². The molecule has 0 unspecified atom stereocenters. The van der Waals surface area contributed by atoms with Crippen molar-refractivity contribution < 1.29 is 14.3 Å². The lowest BCUT2D eigenvalue weighted by atomic mass is 10.2. The van der Waals surface area contributed by atoms with Gasteiger partial charge in [-0.15, -0.1) is 16.4 Å². The number of rotatable bonds is 9. The lowest BCUT2D eigenvalue weighted by Crippen LogP contribution is -2.22. The normalized spacial score (nSPS) is 10.9. The molecule has 4 rings (SSSR count). The van der Waals surface area contributed by atoms with E-state index in [1.807, 2.05) is 77.1 Å². The van der Waals surface area contributed by atoms with Gasteiger partial charge in [0.05, 0.1) is 30.3 Å². The molecule has 1 N–H and O–H groups in total. The second-order valence-electron chi connectivity index (χ2n) is 8.03. The highest BCUT2D eigenvalue weighted by atomic mass is 32.1. The minimum Gasteiger partial charge on any atom is -0.490 e. The third-order valence-electron chi connectivity index (χ3n) is 5.44. The van der Waals surface area contributed by atoms with Crippen molar-refractivity contribution in [2.45, 2.75) is 41.2 Å². The lowest BCUT2D eigenvalue weighted by Gasteiger charge is -2.12. The Kier molecular flexibility index (Phi) is 7.45. The fourth-order valence-electron chi connectivity index (χ4n) is 3.63. The average molecular weight is 492 g/mol. The van der Waals surface area contributed by atoms with E-state index in [0.29, 0.717) is 52.5 Å². The number of thiazole rings is 1. The molecule has 182 valence electrons. The van der Waals surface area contributed by atoms with E-state index >= 15 is 0 Å². The summed E-state index contributed by atoms with van der Waals surface area (Å²) in [5.74, 6) is 1.19. The molecule has 0 aliphatic rings. The number of carbonyl (C=O) groups is 1. The van der Waals surface area contributed by atoms with Gasteiger partial charge in [0.1, 0.15) is 15.6 Å².